The number of allylic oxidation sites excluding steroid dienone is 1. The lowest BCUT2D eigenvalue weighted by atomic mass is 9.84. The molecule has 0 spiro atoms. The van der Waals surface area contributed by atoms with E-state index < -0.39 is 0 Å². The van der Waals surface area contributed by atoms with E-state index in [0.29, 0.717) is 0 Å². The van der Waals surface area contributed by atoms with Crippen molar-refractivity contribution in [3.8, 4) is 0 Å². The van der Waals surface area contributed by atoms with Gasteiger partial charge in [-0.2, -0.15) is 4.91 Å². The average molecular weight is 187 g/mol. The van der Waals surface area contributed by atoms with Gasteiger partial charge in [0.2, 0.25) is 0 Å². The van der Waals surface area contributed by atoms with E-state index in [2.05, 4.69) is 23.4 Å². The Hall–Kier alpha value is -1.44. The van der Waals surface area contributed by atoms with E-state index in [9.17, 15) is 4.91 Å². The van der Waals surface area contributed by atoms with Crippen molar-refractivity contribution in [2.24, 2.45) is 5.18 Å². The Labute approximate surface area is 83.6 Å². The normalized spacial score (nSPS) is 26.0. The number of rotatable bonds is 2. The highest BCUT2D eigenvalue weighted by Crippen LogP contribution is 2.31. The number of nitroso groups, excluding NO2 is 1. The first kappa shape index (κ1) is 9.13. The molecular formula is C12H13NO. The molecular weight excluding hydrogens is 174 g/mol. The molecule has 0 N–H and O–H groups in total. The van der Waals surface area contributed by atoms with Crippen molar-refractivity contribution in [3.05, 3.63) is 53.0 Å². The molecule has 2 heteroatoms. The van der Waals surface area contributed by atoms with E-state index in [0.717, 1.165) is 12.8 Å². The van der Waals surface area contributed by atoms with Crippen molar-refractivity contribution in [1.29, 1.82) is 0 Å². The molecule has 0 aromatic heterocycles. The van der Waals surface area contributed by atoms with Crippen LogP contribution in [0.5, 0.6) is 0 Å². The van der Waals surface area contributed by atoms with E-state index >= 15 is 0 Å². The largest absolute Gasteiger partial charge is 0.150 e. The van der Waals surface area contributed by atoms with E-state index in [1.54, 1.807) is 0 Å². The molecule has 1 aromatic rings. The summed E-state index contributed by atoms with van der Waals surface area (Å²) in [5, 5.41) is 3.20. The van der Waals surface area contributed by atoms with Crippen LogP contribution in [0.1, 0.15) is 24.3 Å². The molecule has 14 heavy (non-hydrogen) atoms. The van der Waals surface area contributed by atoms with Gasteiger partial charge in [-0.3, -0.25) is 0 Å². The van der Waals surface area contributed by atoms with E-state index in [4.69, 9.17) is 0 Å². The van der Waals surface area contributed by atoms with Crippen LogP contribution in [0.25, 0.3) is 0 Å². The Morgan fingerprint density at radius 3 is 2.50 bits per heavy atom. The minimum atomic E-state index is -0.0811. The second-order valence-electron chi connectivity index (χ2n) is 3.63. The third kappa shape index (κ3) is 1.74. The summed E-state index contributed by atoms with van der Waals surface area (Å²) < 4.78 is 0. The summed E-state index contributed by atoms with van der Waals surface area (Å²) in [6.45, 7) is 0. The van der Waals surface area contributed by atoms with Crippen molar-refractivity contribution in [1.82, 2.24) is 0 Å². The smallest absolute Gasteiger partial charge is 0.102 e. The number of nitrogens with zero attached hydrogens (tertiary/aromatic N) is 1. The summed E-state index contributed by atoms with van der Waals surface area (Å²) in [6, 6.07) is 10.1. The fourth-order valence-electron chi connectivity index (χ4n) is 1.97. The summed E-state index contributed by atoms with van der Waals surface area (Å²) in [7, 11) is 0. The fourth-order valence-corrected chi connectivity index (χ4v) is 1.97. The van der Waals surface area contributed by atoms with Crippen molar-refractivity contribution >= 4 is 0 Å². The summed E-state index contributed by atoms with van der Waals surface area (Å²) >= 11 is 0. The van der Waals surface area contributed by atoms with Gasteiger partial charge in [-0.1, -0.05) is 47.7 Å². The van der Waals surface area contributed by atoms with Crippen LogP contribution in [0.2, 0.25) is 0 Å². The first-order chi connectivity index (χ1) is 6.92. The van der Waals surface area contributed by atoms with Gasteiger partial charge in [-0.15, -0.1) is 0 Å². The first-order valence-electron chi connectivity index (χ1n) is 4.94. The molecule has 72 valence electrons. The van der Waals surface area contributed by atoms with Gasteiger partial charge in [0, 0.05) is 5.92 Å². The molecule has 2 unspecified atom stereocenters. The molecule has 0 heterocycles. The van der Waals surface area contributed by atoms with Gasteiger partial charge >= 0.3 is 0 Å². The number of hydrogen-bond donors (Lipinski definition) is 0. The van der Waals surface area contributed by atoms with Crippen LogP contribution >= 0.6 is 0 Å². The lowest BCUT2D eigenvalue weighted by molar-refractivity contribution is 0.520. The SMILES string of the molecule is O=NC1CC=CCC1c1ccccc1. The maximum atomic E-state index is 10.7. The zero-order valence-corrected chi connectivity index (χ0v) is 7.97. The maximum Gasteiger partial charge on any atom is 0.102 e. The number of hydrogen-bond acceptors (Lipinski definition) is 2. The first-order valence-corrected chi connectivity index (χ1v) is 4.94. The van der Waals surface area contributed by atoms with Gasteiger partial charge < -0.3 is 0 Å². The predicted octanol–water partition coefficient (Wildman–Crippen LogP) is 3.26. The molecule has 0 fully saturated rings. The topological polar surface area (TPSA) is 29.4 Å². The van der Waals surface area contributed by atoms with Crippen LogP contribution in [0.4, 0.5) is 0 Å². The Kier molecular flexibility index (Phi) is 2.73. The highest BCUT2D eigenvalue weighted by molar-refractivity contribution is 5.24. The molecule has 0 amide bonds. The Balaban J connectivity index is 2.24. The van der Waals surface area contributed by atoms with Gasteiger partial charge in [0.15, 0.2) is 0 Å². The lowest BCUT2D eigenvalue weighted by Gasteiger charge is -2.23. The highest BCUT2D eigenvalue weighted by atomic mass is 16.3. The van der Waals surface area contributed by atoms with Gasteiger partial charge in [-0.25, -0.2) is 0 Å². The van der Waals surface area contributed by atoms with Crippen LogP contribution < -0.4 is 0 Å². The van der Waals surface area contributed by atoms with Crippen LogP contribution in [0.3, 0.4) is 0 Å². The molecule has 2 rings (SSSR count). The van der Waals surface area contributed by atoms with Gasteiger partial charge in [0.1, 0.15) is 6.04 Å². The van der Waals surface area contributed by atoms with Crippen molar-refractivity contribution in [2.75, 3.05) is 0 Å². The molecule has 0 aliphatic heterocycles. The predicted molar refractivity (Wildman–Crippen MR) is 57.1 cm³/mol. The van der Waals surface area contributed by atoms with Gasteiger partial charge in [0.05, 0.1) is 0 Å². The minimum absolute atomic E-state index is 0.0811. The Morgan fingerprint density at radius 1 is 1.07 bits per heavy atom. The summed E-state index contributed by atoms with van der Waals surface area (Å²) in [6.07, 6.45) is 5.90. The summed E-state index contributed by atoms with van der Waals surface area (Å²) in [5.41, 5.74) is 1.22. The molecule has 0 saturated carbocycles. The van der Waals surface area contributed by atoms with Crippen LogP contribution in [0, 0.1) is 4.91 Å². The summed E-state index contributed by atoms with van der Waals surface area (Å²) in [4.78, 5) is 10.7. The maximum absolute atomic E-state index is 10.7. The quantitative estimate of drug-likeness (QED) is 0.516. The van der Waals surface area contributed by atoms with E-state index in [-0.39, 0.29) is 12.0 Å². The third-order valence-corrected chi connectivity index (χ3v) is 2.76. The average Bonchev–Trinajstić information content (AvgIpc) is 2.30. The van der Waals surface area contributed by atoms with Crippen LogP contribution in [-0.2, 0) is 0 Å². The zero-order chi connectivity index (χ0) is 9.80. The molecule has 1 aromatic carbocycles. The molecule has 1 aliphatic rings. The van der Waals surface area contributed by atoms with Crippen molar-refractivity contribution in [2.45, 2.75) is 24.8 Å². The van der Waals surface area contributed by atoms with Gasteiger partial charge in [-0.05, 0) is 18.4 Å². The fraction of sp³-hybridized carbons (Fsp3) is 0.333. The van der Waals surface area contributed by atoms with Crippen molar-refractivity contribution in [3.63, 3.8) is 0 Å². The van der Waals surface area contributed by atoms with E-state index in [1.165, 1.54) is 5.56 Å². The molecule has 2 nitrogen and oxygen atoms in total. The van der Waals surface area contributed by atoms with Crippen LogP contribution in [-0.4, -0.2) is 6.04 Å². The van der Waals surface area contributed by atoms with Gasteiger partial charge in [0.25, 0.3) is 0 Å². The molecule has 1 aliphatic carbocycles. The Bertz CT molecular complexity index is 331. The zero-order valence-electron chi connectivity index (χ0n) is 7.97. The Morgan fingerprint density at radius 2 is 1.79 bits per heavy atom. The minimum Gasteiger partial charge on any atom is -0.150 e. The van der Waals surface area contributed by atoms with Crippen molar-refractivity contribution < 1.29 is 0 Å². The molecule has 0 radical (unpaired) electrons. The molecule has 0 bridgehead atoms. The second-order valence-corrected chi connectivity index (χ2v) is 3.63. The monoisotopic (exact) mass is 187 g/mol. The second kappa shape index (κ2) is 4.18. The lowest BCUT2D eigenvalue weighted by Crippen LogP contribution is -2.17. The highest BCUT2D eigenvalue weighted by Gasteiger charge is 2.24. The number of benzene rings is 1. The molecule has 0 saturated heterocycles. The molecule has 2 atom stereocenters. The summed E-state index contributed by atoms with van der Waals surface area (Å²) in [5.74, 6) is 0.277. The van der Waals surface area contributed by atoms with E-state index in [1.807, 2.05) is 24.3 Å². The van der Waals surface area contributed by atoms with Crippen LogP contribution in [0.15, 0.2) is 47.7 Å². The third-order valence-electron chi connectivity index (χ3n) is 2.76. The standard InChI is InChI=1S/C12H13NO/c14-13-12-9-5-4-8-11(12)10-6-2-1-3-7-10/h1-7,11-12H,8-9H2.